The summed E-state index contributed by atoms with van der Waals surface area (Å²) >= 11 is 3.77. The summed E-state index contributed by atoms with van der Waals surface area (Å²) in [5.74, 6) is -3.16. The van der Waals surface area contributed by atoms with Crippen LogP contribution < -0.4 is 4.74 Å². The molecular weight excluding hydrogens is 226 g/mol. The molecule has 0 heterocycles. The normalized spacial score (nSPS) is 9.87. The van der Waals surface area contributed by atoms with E-state index in [0.29, 0.717) is 0 Å². The predicted octanol–water partition coefficient (Wildman–Crippen LogP) is 1.81. The largest absolute Gasteiger partial charge is 0.476 e. The van der Waals surface area contributed by atoms with E-state index in [1.807, 2.05) is 0 Å². The Bertz CT molecular complexity index is 359. The third-order valence-corrected chi connectivity index (χ3v) is 1.80. The molecule has 0 saturated carbocycles. The van der Waals surface area contributed by atoms with Crippen LogP contribution in [-0.2, 0) is 9.53 Å². The van der Waals surface area contributed by atoms with Crippen molar-refractivity contribution in [3.05, 3.63) is 23.8 Å². The standard InChI is InChI=1S/C9H8F2O3S/c1-13-8(12)4-14-9-6(10)2-5(15)3-7(9)11/h2-3,15H,4H2,1H3. The lowest BCUT2D eigenvalue weighted by atomic mass is 10.3. The topological polar surface area (TPSA) is 35.5 Å². The van der Waals surface area contributed by atoms with Crippen molar-refractivity contribution in [1.29, 1.82) is 0 Å². The van der Waals surface area contributed by atoms with Crippen LogP contribution in [0.15, 0.2) is 17.0 Å². The first-order valence-corrected chi connectivity index (χ1v) is 4.37. The first-order valence-electron chi connectivity index (χ1n) is 3.92. The molecule has 1 aromatic rings. The van der Waals surface area contributed by atoms with Gasteiger partial charge in [-0.15, -0.1) is 12.6 Å². The minimum atomic E-state index is -0.913. The first kappa shape index (κ1) is 11.8. The van der Waals surface area contributed by atoms with Crippen molar-refractivity contribution in [2.24, 2.45) is 0 Å². The van der Waals surface area contributed by atoms with Crippen LogP contribution in [0.3, 0.4) is 0 Å². The van der Waals surface area contributed by atoms with Gasteiger partial charge in [0.25, 0.3) is 0 Å². The van der Waals surface area contributed by atoms with Crippen LogP contribution in [0.5, 0.6) is 5.75 Å². The number of hydrogen-bond donors (Lipinski definition) is 1. The van der Waals surface area contributed by atoms with Crippen molar-refractivity contribution in [3.63, 3.8) is 0 Å². The summed E-state index contributed by atoms with van der Waals surface area (Å²) < 4.78 is 35.1. The van der Waals surface area contributed by atoms with Crippen LogP contribution >= 0.6 is 12.6 Å². The van der Waals surface area contributed by atoms with E-state index in [2.05, 4.69) is 22.1 Å². The number of halogens is 2. The lowest BCUT2D eigenvalue weighted by Crippen LogP contribution is -2.14. The number of rotatable bonds is 3. The van der Waals surface area contributed by atoms with Crippen LogP contribution in [0, 0.1) is 11.6 Å². The molecule has 0 amide bonds. The summed E-state index contributed by atoms with van der Waals surface area (Å²) in [4.78, 5) is 10.8. The van der Waals surface area contributed by atoms with Crippen LogP contribution in [0.4, 0.5) is 8.78 Å². The quantitative estimate of drug-likeness (QED) is 0.640. The number of carbonyl (C=O) groups excluding carboxylic acids is 1. The molecule has 1 aromatic carbocycles. The molecule has 3 nitrogen and oxygen atoms in total. The lowest BCUT2D eigenvalue weighted by Gasteiger charge is -2.07. The minimum Gasteiger partial charge on any atom is -0.476 e. The Morgan fingerprint density at radius 1 is 1.40 bits per heavy atom. The smallest absolute Gasteiger partial charge is 0.343 e. The molecular formula is C9H8F2O3S. The summed E-state index contributed by atoms with van der Waals surface area (Å²) in [6.07, 6.45) is 0. The predicted molar refractivity (Wildman–Crippen MR) is 51.1 cm³/mol. The van der Waals surface area contributed by atoms with Gasteiger partial charge in [-0.25, -0.2) is 13.6 Å². The number of ether oxygens (including phenoxy) is 2. The van der Waals surface area contributed by atoms with Gasteiger partial charge in [0.2, 0.25) is 0 Å². The molecule has 15 heavy (non-hydrogen) atoms. The average Bonchev–Trinajstić information content (AvgIpc) is 2.15. The SMILES string of the molecule is COC(=O)COc1c(F)cc(S)cc1F. The summed E-state index contributed by atoms with van der Waals surface area (Å²) in [5.41, 5.74) is 0. The van der Waals surface area contributed by atoms with Gasteiger partial charge in [0.1, 0.15) is 0 Å². The fourth-order valence-electron chi connectivity index (χ4n) is 0.874. The molecule has 0 aromatic heterocycles. The van der Waals surface area contributed by atoms with Gasteiger partial charge in [0.05, 0.1) is 7.11 Å². The average molecular weight is 234 g/mol. The molecule has 0 bridgehead atoms. The van der Waals surface area contributed by atoms with Gasteiger partial charge in [-0.05, 0) is 12.1 Å². The zero-order valence-electron chi connectivity index (χ0n) is 7.79. The monoisotopic (exact) mass is 234 g/mol. The Balaban J connectivity index is 2.81. The van der Waals surface area contributed by atoms with E-state index in [0.717, 1.165) is 19.2 Å². The van der Waals surface area contributed by atoms with Crippen LogP contribution in [0.25, 0.3) is 0 Å². The Kier molecular flexibility index (Phi) is 3.90. The molecule has 1 rings (SSSR count). The Hall–Kier alpha value is -1.30. The third-order valence-electron chi connectivity index (χ3n) is 1.55. The fourth-order valence-corrected chi connectivity index (χ4v) is 1.10. The zero-order valence-corrected chi connectivity index (χ0v) is 8.68. The zero-order chi connectivity index (χ0) is 11.4. The fraction of sp³-hybridized carbons (Fsp3) is 0.222. The summed E-state index contributed by atoms with van der Waals surface area (Å²) in [6, 6.07) is 1.97. The highest BCUT2D eigenvalue weighted by Gasteiger charge is 2.13. The highest BCUT2D eigenvalue weighted by molar-refractivity contribution is 7.80. The van der Waals surface area contributed by atoms with Crippen molar-refractivity contribution in [3.8, 4) is 5.75 Å². The van der Waals surface area contributed by atoms with Gasteiger partial charge in [-0.1, -0.05) is 0 Å². The number of hydrogen-bond acceptors (Lipinski definition) is 4. The van der Waals surface area contributed by atoms with E-state index in [-0.39, 0.29) is 4.90 Å². The molecule has 0 aliphatic carbocycles. The second-order valence-electron chi connectivity index (χ2n) is 2.60. The molecule has 0 spiro atoms. The van der Waals surface area contributed by atoms with Gasteiger partial charge in [-0.3, -0.25) is 0 Å². The Labute approximate surface area is 90.4 Å². The van der Waals surface area contributed by atoms with Crippen molar-refractivity contribution in [1.82, 2.24) is 0 Å². The van der Waals surface area contributed by atoms with Crippen LogP contribution in [-0.4, -0.2) is 19.7 Å². The summed E-state index contributed by atoms with van der Waals surface area (Å²) in [5, 5.41) is 0. The van der Waals surface area contributed by atoms with E-state index < -0.39 is 30.0 Å². The lowest BCUT2D eigenvalue weighted by molar-refractivity contribution is -0.143. The minimum absolute atomic E-state index is 0.135. The molecule has 0 N–H and O–H groups in total. The van der Waals surface area contributed by atoms with Gasteiger partial charge >= 0.3 is 5.97 Å². The molecule has 0 saturated heterocycles. The molecule has 0 unspecified atom stereocenters. The van der Waals surface area contributed by atoms with E-state index in [4.69, 9.17) is 0 Å². The molecule has 0 fully saturated rings. The number of benzene rings is 1. The van der Waals surface area contributed by atoms with E-state index in [1.165, 1.54) is 0 Å². The number of thiol groups is 1. The van der Waals surface area contributed by atoms with Crippen molar-refractivity contribution in [2.45, 2.75) is 4.90 Å². The van der Waals surface area contributed by atoms with Gasteiger partial charge in [0.15, 0.2) is 24.0 Å². The molecule has 6 heteroatoms. The molecule has 82 valence electrons. The molecule has 0 atom stereocenters. The van der Waals surface area contributed by atoms with E-state index in [1.54, 1.807) is 0 Å². The molecule has 0 radical (unpaired) electrons. The van der Waals surface area contributed by atoms with Crippen LogP contribution in [0.2, 0.25) is 0 Å². The highest BCUT2D eigenvalue weighted by atomic mass is 32.1. The van der Waals surface area contributed by atoms with E-state index >= 15 is 0 Å². The van der Waals surface area contributed by atoms with Gasteiger partial charge < -0.3 is 9.47 Å². The van der Waals surface area contributed by atoms with Crippen molar-refractivity contribution < 1.29 is 23.0 Å². The van der Waals surface area contributed by atoms with E-state index in [9.17, 15) is 13.6 Å². The van der Waals surface area contributed by atoms with Crippen molar-refractivity contribution >= 4 is 18.6 Å². The second-order valence-corrected chi connectivity index (χ2v) is 3.12. The maximum Gasteiger partial charge on any atom is 0.343 e. The molecule has 0 aliphatic heterocycles. The second kappa shape index (κ2) is 4.97. The van der Waals surface area contributed by atoms with Crippen LogP contribution in [0.1, 0.15) is 0 Å². The molecule has 0 aliphatic rings. The Morgan fingerprint density at radius 2 is 1.93 bits per heavy atom. The first-order chi connectivity index (χ1) is 7.04. The summed E-state index contributed by atoms with van der Waals surface area (Å²) in [7, 11) is 1.15. The highest BCUT2D eigenvalue weighted by Crippen LogP contribution is 2.24. The number of methoxy groups -OCH3 is 1. The maximum absolute atomic E-state index is 13.1. The van der Waals surface area contributed by atoms with Gasteiger partial charge in [-0.2, -0.15) is 0 Å². The van der Waals surface area contributed by atoms with Crippen molar-refractivity contribution in [2.75, 3.05) is 13.7 Å². The number of esters is 1. The number of carbonyl (C=O) groups is 1. The Morgan fingerprint density at radius 3 is 2.40 bits per heavy atom. The van der Waals surface area contributed by atoms with Gasteiger partial charge in [0, 0.05) is 4.90 Å². The summed E-state index contributed by atoms with van der Waals surface area (Å²) in [6.45, 7) is -0.545. The third kappa shape index (κ3) is 3.09. The maximum atomic E-state index is 13.1.